The fraction of sp³-hybridized carbons (Fsp3) is 0.353. The molecular weight excluding hydrogens is 386 g/mol. The minimum absolute atomic E-state index is 0.256. The van der Waals surface area contributed by atoms with Crippen molar-refractivity contribution in [1.82, 2.24) is 14.9 Å². The maximum Gasteiger partial charge on any atom is 0.258 e. The first-order chi connectivity index (χ1) is 12.1. The molecule has 0 radical (unpaired) electrons. The van der Waals surface area contributed by atoms with E-state index in [0.717, 1.165) is 32.0 Å². The molecule has 2 heterocycles. The van der Waals surface area contributed by atoms with Gasteiger partial charge in [0, 0.05) is 36.7 Å². The highest BCUT2D eigenvalue weighted by Crippen LogP contribution is 2.24. The number of hydrogen-bond donors (Lipinski definition) is 1. The Morgan fingerprint density at radius 2 is 1.96 bits per heavy atom. The standard InChI is InChI=1S/C17H20BrN5O2/c1-22-5-7-23(8-6-22)16-10-15(19-11-20-16)21-17(24)13-9-12(25-2)3-4-14(13)18/h3-4,9-11H,5-8H2,1-2H3,(H,19,20,21,24). The molecule has 1 N–H and O–H groups in total. The van der Waals surface area contributed by atoms with Crippen LogP contribution in [0, 0.1) is 0 Å². The molecule has 1 aromatic carbocycles. The summed E-state index contributed by atoms with van der Waals surface area (Å²) in [6.45, 7) is 3.79. The van der Waals surface area contributed by atoms with E-state index in [9.17, 15) is 4.79 Å². The monoisotopic (exact) mass is 405 g/mol. The van der Waals surface area contributed by atoms with Crippen LogP contribution in [-0.2, 0) is 0 Å². The Kier molecular flexibility index (Phi) is 5.50. The Hall–Kier alpha value is -2.19. The molecule has 0 unspecified atom stereocenters. The fourth-order valence-electron chi connectivity index (χ4n) is 2.61. The summed E-state index contributed by atoms with van der Waals surface area (Å²) in [6, 6.07) is 7.06. The molecule has 1 fully saturated rings. The predicted molar refractivity (Wildman–Crippen MR) is 100 cm³/mol. The molecular formula is C17H20BrN5O2. The molecule has 1 aliphatic heterocycles. The van der Waals surface area contributed by atoms with Gasteiger partial charge in [-0.1, -0.05) is 0 Å². The minimum atomic E-state index is -0.256. The van der Waals surface area contributed by atoms with Crippen molar-refractivity contribution in [2.75, 3.05) is 50.6 Å². The summed E-state index contributed by atoms with van der Waals surface area (Å²) in [5.74, 6) is 1.66. The van der Waals surface area contributed by atoms with E-state index in [1.165, 1.54) is 6.33 Å². The third kappa shape index (κ3) is 4.26. The van der Waals surface area contributed by atoms with Crippen LogP contribution in [0.5, 0.6) is 5.75 Å². The Balaban J connectivity index is 1.75. The molecule has 7 nitrogen and oxygen atoms in total. The minimum Gasteiger partial charge on any atom is -0.497 e. The molecule has 25 heavy (non-hydrogen) atoms. The zero-order valence-electron chi connectivity index (χ0n) is 14.2. The van der Waals surface area contributed by atoms with E-state index in [1.807, 2.05) is 0 Å². The van der Waals surface area contributed by atoms with Crippen LogP contribution < -0.4 is 15.0 Å². The van der Waals surface area contributed by atoms with Gasteiger partial charge in [-0.3, -0.25) is 4.79 Å². The van der Waals surface area contributed by atoms with Crippen molar-refractivity contribution in [3.63, 3.8) is 0 Å². The molecule has 1 aliphatic rings. The highest BCUT2D eigenvalue weighted by molar-refractivity contribution is 9.10. The van der Waals surface area contributed by atoms with Crippen molar-refractivity contribution in [2.24, 2.45) is 0 Å². The van der Waals surface area contributed by atoms with Crippen LogP contribution in [0.3, 0.4) is 0 Å². The van der Waals surface area contributed by atoms with Gasteiger partial charge in [-0.05, 0) is 41.2 Å². The van der Waals surface area contributed by atoms with Gasteiger partial charge in [0.25, 0.3) is 5.91 Å². The van der Waals surface area contributed by atoms with Crippen LogP contribution in [-0.4, -0.2) is 61.1 Å². The largest absolute Gasteiger partial charge is 0.497 e. The predicted octanol–water partition coefficient (Wildman–Crippen LogP) is 2.25. The maximum absolute atomic E-state index is 12.6. The lowest BCUT2D eigenvalue weighted by atomic mass is 10.2. The van der Waals surface area contributed by atoms with Gasteiger partial charge >= 0.3 is 0 Å². The lowest BCUT2D eigenvalue weighted by Gasteiger charge is -2.33. The quantitative estimate of drug-likeness (QED) is 0.840. The number of likely N-dealkylation sites (N-methyl/N-ethyl adjacent to an activating group) is 1. The van der Waals surface area contributed by atoms with E-state index in [0.29, 0.717) is 21.6 Å². The Morgan fingerprint density at radius 3 is 2.68 bits per heavy atom. The Bertz CT molecular complexity index is 762. The van der Waals surface area contributed by atoms with Crippen molar-refractivity contribution in [3.8, 4) is 5.75 Å². The van der Waals surface area contributed by atoms with Gasteiger partial charge in [-0.15, -0.1) is 0 Å². The molecule has 0 saturated carbocycles. The number of hydrogen-bond acceptors (Lipinski definition) is 6. The molecule has 1 aromatic heterocycles. The second-order valence-electron chi connectivity index (χ2n) is 5.85. The highest BCUT2D eigenvalue weighted by atomic mass is 79.9. The van der Waals surface area contributed by atoms with E-state index in [1.54, 1.807) is 31.4 Å². The Morgan fingerprint density at radius 1 is 1.20 bits per heavy atom. The third-order valence-corrected chi connectivity index (χ3v) is 4.83. The van der Waals surface area contributed by atoms with Gasteiger partial charge in [0.05, 0.1) is 12.7 Å². The van der Waals surface area contributed by atoms with Crippen molar-refractivity contribution in [1.29, 1.82) is 0 Å². The van der Waals surface area contributed by atoms with Crippen molar-refractivity contribution in [2.45, 2.75) is 0 Å². The van der Waals surface area contributed by atoms with Crippen LogP contribution in [0.15, 0.2) is 35.1 Å². The molecule has 0 atom stereocenters. The summed E-state index contributed by atoms with van der Waals surface area (Å²) in [7, 11) is 3.67. The van der Waals surface area contributed by atoms with Gasteiger partial charge in [0.2, 0.25) is 0 Å². The summed E-state index contributed by atoms with van der Waals surface area (Å²) in [5, 5.41) is 2.83. The highest BCUT2D eigenvalue weighted by Gasteiger charge is 2.17. The number of benzene rings is 1. The summed E-state index contributed by atoms with van der Waals surface area (Å²) < 4.78 is 5.87. The van der Waals surface area contributed by atoms with Gasteiger partial charge in [-0.25, -0.2) is 9.97 Å². The normalized spacial score (nSPS) is 15.1. The number of ether oxygens (including phenoxy) is 1. The summed E-state index contributed by atoms with van der Waals surface area (Å²) >= 11 is 3.39. The van der Waals surface area contributed by atoms with E-state index in [2.05, 4.69) is 48.1 Å². The van der Waals surface area contributed by atoms with Crippen LogP contribution in [0.2, 0.25) is 0 Å². The number of nitrogens with zero attached hydrogens (tertiary/aromatic N) is 4. The second-order valence-corrected chi connectivity index (χ2v) is 6.71. The van der Waals surface area contributed by atoms with E-state index in [4.69, 9.17) is 4.74 Å². The number of aromatic nitrogens is 2. The number of halogens is 1. The molecule has 3 rings (SSSR count). The molecule has 132 valence electrons. The number of carbonyl (C=O) groups excluding carboxylic acids is 1. The lowest BCUT2D eigenvalue weighted by molar-refractivity contribution is 0.102. The smallest absolute Gasteiger partial charge is 0.258 e. The molecule has 0 spiro atoms. The number of nitrogens with one attached hydrogen (secondary N) is 1. The number of amides is 1. The van der Waals surface area contributed by atoms with E-state index < -0.39 is 0 Å². The van der Waals surface area contributed by atoms with Gasteiger partial charge in [-0.2, -0.15) is 0 Å². The van der Waals surface area contributed by atoms with Crippen LogP contribution >= 0.6 is 15.9 Å². The SMILES string of the molecule is COc1ccc(Br)c(C(=O)Nc2cc(N3CCN(C)CC3)ncn2)c1. The summed E-state index contributed by atoms with van der Waals surface area (Å²) in [4.78, 5) is 25.5. The second kappa shape index (κ2) is 7.79. The van der Waals surface area contributed by atoms with Crippen molar-refractivity contribution >= 4 is 33.5 Å². The first kappa shape index (κ1) is 17.6. The molecule has 1 amide bonds. The Labute approximate surface area is 155 Å². The summed E-state index contributed by atoms with van der Waals surface area (Å²) in [6.07, 6.45) is 1.48. The molecule has 2 aromatic rings. The first-order valence-electron chi connectivity index (χ1n) is 7.97. The van der Waals surface area contributed by atoms with Crippen molar-refractivity contribution in [3.05, 3.63) is 40.6 Å². The maximum atomic E-state index is 12.6. The number of rotatable bonds is 4. The molecule has 1 saturated heterocycles. The molecule has 0 bridgehead atoms. The zero-order chi connectivity index (χ0) is 17.8. The average Bonchev–Trinajstić information content (AvgIpc) is 2.63. The first-order valence-corrected chi connectivity index (χ1v) is 8.76. The molecule has 0 aliphatic carbocycles. The van der Waals surface area contributed by atoms with Crippen LogP contribution in [0.25, 0.3) is 0 Å². The van der Waals surface area contributed by atoms with E-state index in [-0.39, 0.29) is 5.91 Å². The average molecular weight is 406 g/mol. The zero-order valence-corrected chi connectivity index (χ0v) is 15.8. The van der Waals surface area contributed by atoms with E-state index >= 15 is 0 Å². The van der Waals surface area contributed by atoms with Gasteiger partial charge < -0.3 is 19.9 Å². The van der Waals surface area contributed by atoms with Crippen molar-refractivity contribution < 1.29 is 9.53 Å². The van der Waals surface area contributed by atoms with Gasteiger partial charge in [0.1, 0.15) is 23.7 Å². The lowest BCUT2D eigenvalue weighted by Crippen LogP contribution is -2.44. The number of piperazine rings is 1. The number of methoxy groups -OCH3 is 1. The number of carbonyl (C=O) groups is 1. The number of anilines is 2. The van der Waals surface area contributed by atoms with Crippen LogP contribution in [0.1, 0.15) is 10.4 Å². The topological polar surface area (TPSA) is 70.6 Å². The fourth-order valence-corrected chi connectivity index (χ4v) is 3.04. The van der Waals surface area contributed by atoms with Crippen LogP contribution in [0.4, 0.5) is 11.6 Å². The third-order valence-electron chi connectivity index (χ3n) is 4.14. The molecule has 8 heteroatoms. The summed E-state index contributed by atoms with van der Waals surface area (Å²) in [5.41, 5.74) is 0.485. The van der Waals surface area contributed by atoms with Gasteiger partial charge in [0.15, 0.2) is 0 Å².